The van der Waals surface area contributed by atoms with Crippen LogP contribution in [0.5, 0.6) is 0 Å². The molecule has 0 saturated carbocycles. The molecule has 1 fully saturated rings. The van der Waals surface area contributed by atoms with Crippen LogP contribution in [-0.4, -0.2) is 48.1 Å². The standard InChI is InChI=1S/C16H19ClN4O4S/c1-26(23,24)21-8-4-5-11(10-21)16(22)18-9-14-19-15(20-25-14)12-6-2-3-7-13(12)17/h2-3,6-7,11H,4-5,8-10H2,1H3,(H,18,22). The third-order valence-corrected chi connectivity index (χ3v) is 5.82. The second kappa shape index (κ2) is 7.73. The van der Waals surface area contributed by atoms with Crippen LogP contribution in [0.15, 0.2) is 28.8 Å². The molecule has 1 aromatic heterocycles. The Hall–Kier alpha value is -1.97. The molecule has 3 rings (SSSR count). The van der Waals surface area contributed by atoms with E-state index in [9.17, 15) is 13.2 Å². The van der Waals surface area contributed by atoms with Crippen LogP contribution >= 0.6 is 11.6 Å². The number of hydrogen-bond donors (Lipinski definition) is 1. The molecule has 0 aliphatic carbocycles. The summed E-state index contributed by atoms with van der Waals surface area (Å²) in [7, 11) is -3.29. The summed E-state index contributed by atoms with van der Waals surface area (Å²) < 4.78 is 29.8. The summed E-state index contributed by atoms with van der Waals surface area (Å²) in [5.41, 5.74) is 0.645. The maximum Gasteiger partial charge on any atom is 0.246 e. The zero-order valence-corrected chi connectivity index (χ0v) is 15.8. The van der Waals surface area contributed by atoms with Crippen molar-refractivity contribution in [3.63, 3.8) is 0 Å². The molecule has 1 saturated heterocycles. The van der Waals surface area contributed by atoms with Crippen LogP contribution in [0.25, 0.3) is 11.4 Å². The van der Waals surface area contributed by atoms with Gasteiger partial charge in [0.2, 0.25) is 27.6 Å². The average Bonchev–Trinajstić information content (AvgIpc) is 3.08. The number of halogens is 1. The van der Waals surface area contributed by atoms with Gasteiger partial charge in [0.15, 0.2) is 0 Å². The SMILES string of the molecule is CS(=O)(=O)N1CCCC(C(=O)NCc2nc(-c3ccccc3Cl)no2)C1. The predicted octanol–water partition coefficient (Wildman–Crippen LogP) is 1.68. The lowest BCUT2D eigenvalue weighted by Gasteiger charge is -2.29. The number of piperidine rings is 1. The predicted molar refractivity (Wildman–Crippen MR) is 95.7 cm³/mol. The molecule has 0 bridgehead atoms. The first-order valence-electron chi connectivity index (χ1n) is 8.15. The first-order chi connectivity index (χ1) is 12.3. The highest BCUT2D eigenvalue weighted by atomic mass is 35.5. The third-order valence-electron chi connectivity index (χ3n) is 4.22. The fourth-order valence-electron chi connectivity index (χ4n) is 2.84. The Labute approximate surface area is 156 Å². The highest BCUT2D eigenvalue weighted by Gasteiger charge is 2.30. The average molecular weight is 399 g/mol. The minimum Gasteiger partial charge on any atom is -0.347 e. The molecule has 2 heterocycles. The van der Waals surface area contributed by atoms with Gasteiger partial charge in [-0.1, -0.05) is 28.9 Å². The van der Waals surface area contributed by atoms with E-state index >= 15 is 0 Å². The van der Waals surface area contributed by atoms with Crippen molar-refractivity contribution in [2.24, 2.45) is 5.92 Å². The number of amides is 1. The second-order valence-electron chi connectivity index (χ2n) is 6.17. The minimum absolute atomic E-state index is 0.0751. The highest BCUT2D eigenvalue weighted by Crippen LogP contribution is 2.25. The topological polar surface area (TPSA) is 105 Å². The Balaban J connectivity index is 1.59. The molecule has 1 unspecified atom stereocenters. The minimum atomic E-state index is -3.29. The normalized spacial score (nSPS) is 18.6. The van der Waals surface area contributed by atoms with Gasteiger partial charge in [0, 0.05) is 18.7 Å². The summed E-state index contributed by atoms with van der Waals surface area (Å²) in [6.45, 7) is 0.721. The number of aromatic nitrogens is 2. The molecule has 1 atom stereocenters. The summed E-state index contributed by atoms with van der Waals surface area (Å²) in [6.07, 6.45) is 2.46. The molecule has 2 aromatic rings. The fourth-order valence-corrected chi connectivity index (χ4v) is 3.98. The Morgan fingerprint density at radius 1 is 1.42 bits per heavy atom. The van der Waals surface area contributed by atoms with Crippen LogP contribution in [0.1, 0.15) is 18.7 Å². The number of sulfonamides is 1. The first kappa shape index (κ1) is 18.8. The van der Waals surface area contributed by atoms with E-state index in [-0.39, 0.29) is 30.8 Å². The maximum absolute atomic E-state index is 12.3. The van der Waals surface area contributed by atoms with Gasteiger partial charge in [-0.2, -0.15) is 4.98 Å². The van der Waals surface area contributed by atoms with Crippen molar-refractivity contribution in [1.29, 1.82) is 0 Å². The number of carbonyl (C=O) groups excluding carboxylic acids is 1. The van der Waals surface area contributed by atoms with Gasteiger partial charge in [-0.15, -0.1) is 0 Å². The van der Waals surface area contributed by atoms with E-state index in [0.717, 1.165) is 6.26 Å². The number of benzene rings is 1. The van der Waals surface area contributed by atoms with Gasteiger partial charge in [-0.25, -0.2) is 12.7 Å². The van der Waals surface area contributed by atoms with Crippen LogP contribution < -0.4 is 5.32 Å². The molecule has 1 aliphatic heterocycles. The molecule has 26 heavy (non-hydrogen) atoms. The molecule has 10 heteroatoms. The quantitative estimate of drug-likeness (QED) is 0.821. The molecular formula is C16H19ClN4O4S. The van der Waals surface area contributed by atoms with Gasteiger partial charge in [0.05, 0.1) is 23.7 Å². The number of nitrogens with zero attached hydrogens (tertiary/aromatic N) is 3. The van der Waals surface area contributed by atoms with Gasteiger partial charge in [0.25, 0.3) is 0 Å². The van der Waals surface area contributed by atoms with E-state index in [1.807, 2.05) is 6.07 Å². The van der Waals surface area contributed by atoms with Crippen molar-refractivity contribution < 1.29 is 17.7 Å². The largest absolute Gasteiger partial charge is 0.347 e. The molecule has 1 N–H and O–H groups in total. The lowest BCUT2D eigenvalue weighted by molar-refractivity contribution is -0.126. The van der Waals surface area contributed by atoms with Gasteiger partial charge in [0.1, 0.15) is 0 Å². The van der Waals surface area contributed by atoms with Crippen LogP contribution in [0.4, 0.5) is 0 Å². The Kier molecular flexibility index (Phi) is 5.59. The Morgan fingerprint density at radius 2 is 2.19 bits per heavy atom. The smallest absolute Gasteiger partial charge is 0.246 e. The lowest BCUT2D eigenvalue weighted by Crippen LogP contribution is -2.44. The van der Waals surface area contributed by atoms with Crippen molar-refractivity contribution >= 4 is 27.5 Å². The van der Waals surface area contributed by atoms with Crippen molar-refractivity contribution in [1.82, 2.24) is 19.8 Å². The first-order valence-corrected chi connectivity index (χ1v) is 10.4. The van der Waals surface area contributed by atoms with Gasteiger partial charge < -0.3 is 9.84 Å². The van der Waals surface area contributed by atoms with E-state index in [1.54, 1.807) is 18.2 Å². The van der Waals surface area contributed by atoms with Gasteiger partial charge >= 0.3 is 0 Å². The summed E-state index contributed by atoms with van der Waals surface area (Å²) in [6, 6.07) is 7.12. The fraction of sp³-hybridized carbons (Fsp3) is 0.438. The molecule has 0 radical (unpaired) electrons. The molecule has 140 valence electrons. The highest BCUT2D eigenvalue weighted by molar-refractivity contribution is 7.88. The zero-order valence-electron chi connectivity index (χ0n) is 14.2. The molecular weight excluding hydrogens is 380 g/mol. The zero-order chi connectivity index (χ0) is 18.7. The number of carbonyl (C=O) groups is 1. The monoisotopic (exact) mass is 398 g/mol. The van der Waals surface area contributed by atoms with Crippen LogP contribution in [0.2, 0.25) is 5.02 Å². The number of nitrogens with one attached hydrogen (secondary N) is 1. The molecule has 0 spiro atoms. The summed E-state index contributed by atoms with van der Waals surface area (Å²) in [5, 5.41) is 7.11. The van der Waals surface area contributed by atoms with E-state index in [0.29, 0.717) is 35.8 Å². The van der Waals surface area contributed by atoms with Crippen molar-refractivity contribution in [3.05, 3.63) is 35.2 Å². The van der Waals surface area contributed by atoms with Crippen LogP contribution in [0, 0.1) is 5.92 Å². The second-order valence-corrected chi connectivity index (χ2v) is 8.56. The van der Waals surface area contributed by atoms with Gasteiger partial charge in [-0.05, 0) is 25.0 Å². The lowest BCUT2D eigenvalue weighted by atomic mass is 9.99. The summed E-state index contributed by atoms with van der Waals surface area (Å²) in [5.74, 6) is -0.00917. The van der Waals surface area contributed by atoms with Crippen molar-refractivity contribution in [2.75, 3.05) is 19.3 Å². The summed E-state index contributed by atoms with van der Waals surface area (Å²) >= 11 is 6.10. The number of hydrogen-bond acceptors (Lipinski definition) is 6. The van der Waals surface area contributed by atoms with E-state index in [1.165, 1.54) is 4.31 Å². The third kappa shape index (κ3) is 4.40. The molecule has 1 amide bonds. The maximum atomic E-state index is 12.3. The van der Waals surface area contributed by atoms with Crippen molar-refractivity contribution in [3.8, 4) is 11.4 Å². The Bertz CT molecular complexity index is 899. The van der Waals surface area contributed by atoms with Crippen molar-refractivity contribution in [2.45, 2.75) is 19.4 Å². The molecule has 8 nitrogen and oxygen atoms in total. The van der Waals surface area contributed by atoms with Gasteiger partial charge in [-0.3, -0.25) is 4.79 Å². The van der Waals surface area contributed by atoms with E-state index in [2.05, 4.69) is 15.5 Å². The summed E-state index contributed by atoms with van der Waals surface area (Å²) in [4.78, 5) is 16.6. The Morgan fingerprint density at radius 3 is 2.92 bits per heavy atom. The number of rotatable bonds is 5. The molecule has 1 aliphatic rings. The van der Waals surface area contributed by atoms with E-state index < -0.39 is 10.0 Å². The van der Waals surface area contributed by atoms with Crippen LogP contribution in [-0.2, 0) is 21.4 Å². The van der Waals surface area contributed by atoms with Crippen LogP contribution in [0.3, 0.4) is 0 Å². The van der Waals surface area contributed by atoms with E-state index in [4.69, 9.17) is 16.1 Å². The molecule has 1 aromatic carbocycles.